The van der Waals surface area contributed by atoms with Gasteiger partial charge in [0.25, 0.3) is 0 Å². The highest BCUT2D eigenvalue weighted by molar-refractivity contribution is 5.79. The van der Waals surface area contributed by atoms with Gasteiger partial charge in [-0.25, -0.2) is 0 Å². The van der Waals surface area contributed by atoms with Crippen LogP contribution < -0.4 is 10.6 Å². The molecule has 2 aliphatic rings. The zero-order valence-corrected chi connectivity index (χ0v) is 12.1. The molecule has 0 atom stereocenters. The van der Waals surface area contributed by atoms with E-state index in [2.05, 4.69) is 10.6 Å². The number of aliphatic hydroxyl groups excluding tert-OH is 1. The molecule has 2 fully saturated rings. The fourth-order valence-electron chi connectivity index (χ4n) is 3.49. The molecule has 2 saturated carbocycles. The Morgan fingerprint density at radius 2 is 1.79 bits per heavy atom. The van der Waals surface area contributed by atoms with Gasteiger partial charge in [-0.1, -0.05) is 19.3 Å². The van der Waals surface area contributed by atoms with Crippen LogP contribution in [0.1, 0.15) is 57.8 Å². The van der Waals surface area contributed by atoms with E-state index in [4.69, 9.17) is 0 Å². The number of carbonyl (C=O) groups is 1. The van der Waals surface area contributed by atoms with Crippen LogP contribution in [-0.4, -0.2) is 36.2 Å². The molecular formula is C15H28N2O2. The minimum Gasteiger partial charge on any atom is -0.394 e. The highest BCUT2D eigenvalue weighted by atomic mass is 16.3. The standard InChI is InChI=1S/C15H28N2O2/c1-16-15(11-18)9-7-12(8-10-15)14(19)17-13-5-3-2-4-6-13/h12-13,16,18H,2-11H2,1H3,(H,17,19). The Morgan fingerprint density at radius 1 is 1.16 bits per heavy atom. The monoisotopic (exact) mass is 268 g/mol. The Morgan fingerprint density at radius 3 is 2.32 bits per heavy atom. The van der Waals surface area contributed by atoms with Crippen LogP contribution in [0.25, 0.3) is 0 Å². The first-order chi connectivity index (χ1) is 9.19. The van der Waals surface area contributed by atoms with Crippen molar-refractivity contribution in [3.8, 4) is 0 Å². The van der Waals surface area contributed by atoms with Crippen molar-refractivity contribution >= 4 is 5.91 Å². The average Bonchev–Trinajstić information content (AvgIpc) is 2.48. The maximum atomic E-state index is 12.3. The molecule has 0 heterocycles. The van der Waals surface area contributed by atoms with E-state index in [9.17, 15) is 9.90 Å². The average molecular weight is 268 g/mol. The molecule has 0 aromatic carbocycles. The Balaban J connectivity index is 1.78. The summed E-state index contributed by atoms with van der Waals surface area (Å²) in [7, 11) is 1.90. The first-order valence-corrected chi connectivity index (χ1v) is 7.79. The van der Waals surface area contributed by atoms with Crippen molar-refractivity contribution in [1.82, 2.24) is 10.6 Å². The smallest absolute Gasteiger partial charge is 0.223 e. The summed E-state index contributed by atoms with van der Waals surface area (Å²) in [5.41, 5.74) is -0.151. The second-order valence-electron chi connectivity index (χ2n) is 6.31. The molecule has 110 valence electrons. The molecule has 3 N–H and O–H groups in total. The second-order valence-corrected chi connectivity index (χ2v) is 6.31. The van der Waals surface area contributed by atoms with E-state index in [-0.39, 0.29) is 24.0 Å². The second kappa shape index (κ2) is 6.71. The molecule has 0 unspecified atom stereocenters. The van der Waals surface area contributed by atoms with Gasteiger partial charge in [-0.3, -0.25) is 4.79 Å². The molecule has 2 rings (SSSR count). The van der Waals surface area contributed by atoms with Crippen LogP contribution in [0.3, 0.4) is 0 Å². The van der Waals surface area contributed by atoms with Gasteiger partial charge < -0.3 is 15.7 Å². The molecule has 0 spiro atoms. The molecule has 19 heavy (non-hydrogen) atoms. The molecule has 0 aliphatic heterocycles. The van der Waals surface area contributed by atoms with Crippen molar-refractivity contribution in [2.75, 3.05) is 13.7 Å². The van der Waals surface area contributed by atoms with Crippen molar-refractivity contribution in [3.05, 3.63) is 0 Å². The van der Waals surface area contributed by atoms with Crippen LogP contribution in [0.2, 0.25) is 0 Å². The van der Waals surface area contributed by atoms with Crippen LogP contribution in [0.5, 0.6) is 0 Å². The van der Waals surface area contributed by atoms with Crippen molar-refractivity contribution in [2.24, 2.45) is 5.92 Å². The van der Waals surface area contributed by atoms with E-state index in [1.54, 1.807) is 0 Å². The Bertz CT molecular complexity index is 287. The molecular weight excluding hydrogens is 240 g/mol. The third-order valence-corrected chi connectivity index (χ3v) is 5.10. The minimum atomic E-state index is -0.151. The molecule has 2 aliphatic carbocycles. The van der Waals surface area contributed by atoms with Crippen molar-refractivity contribution < 1.29 is 9.90 Å². The minimum absolute atomic E-state index is 0.148. The molecule has 0 radical (unpaired) electrons. The van der Waals surface area contributed by atoms with Crippen molar-refractivity contribution in [1.29, 1.82) is 0 Å². The molecule has 1 amide bonds. The van der Waals surface area contributed by atoms with Crippen molar-refractivity contribution in [3.63, 3.8) is 0 Å². The third kappa shape index (κ3) is 3.69. The van der Waals surface area contributed by atoms with Gasteiger partial charge >= 0.3 is 0 Å². The summed E-state index contributed by atoms with van der Waals surface area (Å²) in [5, 5.41) is 15.9. The van der Waals surface area contributed by atoms with Gasteiger partial charge in [0, 0.05) is 17.5 Å². The Hall–Kier alpha value is -0.610. The number of hydrogen-bond donors (Lipinski definition) is 3. The van der Waals surface area contributed by atoms with E-state index in [1.165, 1.54) is 19.3 Å². The number of rotatable bonds is 4. The summed E-state index contributed by atoms with van der Waals surface area (Å²) in [6.45, 7) is 0.167. The SMILES string of the molecule is CNC1(CO)CCC(C(=O)NC2CCCCC2)CC1. The fraction of sp³-hybridized carbons (Fsp3) is 0.933. The van der Waals surface area contributed by atoms with E-state index in [1.807, 2.05) is 7.05 Å². The highest BCUT2D eigenvalue weighted by Gasteiger charge is 2.36. The fourth-order valence-corrected chi connectivity index (χ4v) is 3.49. The number of carbonyl (C=O) groups excluding carboxylic acids is 1. The summed E-state index contributed by atoms with van der Waals surface area (Å²) in [5.74, 6) is 0.393. The first kappa shape index (κ1) is 14.8. The lowest BCUT2D eigenvalue weighted by Crippen LogP contribution is -2.51. The molecule has 0 aromatic heterocycles. The lowest BCUT2D eigenvalue weighted by molar-refractivity contribution is -0.127. The summed E-state index contributed by atoms with van der Waals surface area (Å²) in [4.78, 5) is 12.3. The van der Waals surface area contributed by atoms with E-state index >= 15 is 0 Å². The highest BCUT2D eigenvalue weighted by Crippen LogP contribution is 2.32. The summed E-state index contributed by atoms with van der Waals surface area (Å²) < 4.78 is 0. The van der Waals surface area contributed by atoms with Crippen LogP contribution >= 0.6 is 0 Å². The van der Waals surface area contributed by atoms with Gasteiger partial charge in [0.2, 0.25) is 5.91 Å². The van der Waals surface area contributed by atoms with Crippen LogP contribution in [0.4, 0.5) is 0 Å². The lowest BCUT2D eigenvalue weighted by Gasteiger charge is -2.38. The van der Waals surface area contributed by atoms with Crippen LogP contribution in [0, 0.1) is 5.92 Å². The number of likely N-dealkylation sites (N-methyl/N-ethyl adjacent to an activating group) is 1. The maximum absolute atomic E-state index is 12.3. The molecule has 0 bridgehead atoms. The molecule has 0 saturated heterocycles. The van der Waals surface area contributed by atoms with Gasteiger partial charge in [-0.15, -0.1) is 0 Å². The van der Waals surface area contributed by atoms with Gasteiger partial charge in [-0.2, -0.15) is 0 Å². The quantitative estimate of drug-likeness (QED) is 0.725. The zero-order chi connectivity index (χ0) is 13.7. The van der Waals surface area contributed by atoms with E-state index < -0.39 is 0 Å². The number of amides is 1. The Labute approximate surface area is 116 Å². The van der Waals surface area contributed by atoms with E-state index in [0.29, 0.717) is 6.04 Å². The van der Waals surface area contributed by atoms with Crippen LogP contribution in [0.15, 0.2) is 0 Å². The number of nitrogens with one attached hydrogen (secondary N) is 2. The third-order valence-electron chi connectivity index (χ3n) is 5.10. The molecule has 4 heteroatoms. The summed E-state index contributed by atoms with van der Waals surface area (Å²) in [6.07, 6.45) is 9.68. The maximum Gasteiger partial charge on any atom is 0.223 e. The predicted molar refractivity (Wildman–Crippen MR) is 75.9 cm³/mol. The molecule has 4 nitrogen and oxygen atoms in total. The van der Waals surface area contributed by atoms with Gasteiger partial charge in [0.15, 0.2) is 0 Å². The first-order valence-electron chi connectivity index (χ1n) is 7.79. The largest absolute Gasteiger partial charge is 0.394 e. The summed E-state index contributed by atoms with van der Waals surface area (Å²) in [6, 6.07) is 0.412. The number of hydrogen-bond acceptors (Lipinski definition) is 3. The lowest BCUT2D eigenvalue weighted by atomic mass is 9.76. The van der Waals surface area contributed by atoms with Crippen LogP contribution in [-0.2, 0) is 4.79 Å². The number of aliphatic hydroxyl groups is 1. The van der Waals surface area contributed by atoms with Gasteiger partial charge in [0.05, 0.1) is 6.61 Å². The van der Waals surface area contributed by atoms with Crippen molar-refractivity contribution in [2.45, 2.75) is 69.4 Å². The topological polar surface area (TPSA) is 61.4 Å². The summed E-state index contributed by atoms with van der Waals surface area (Å²) >= 11 is 0. The van der Waals surface area contributed by atoms with Gasteiger partial charge in [0.1, 0.15) is 0 Å². The van der Waals surface area contributed by atoms with E-state index in [0.717, 1.165) is 38.5 Å². The molecule has 0 aromatic rings. The zero-order valence-electron chi connectivity index (χ0n) is 12.1. The Kier molecular flexibility index (Phi) is 5.22. The normalized spacial score (nSPS) is 33.1. The van der Waals surface area contributed by atoms with Gasteiger partial charge in [-0.05, 0) is 45.6 Å². The predicted octanol–water partition coefficient (Wildman–Crippen LogP) is 1.58.